The minimum Gasteiger partial charge on any atom is -0.335 e. The van der Waals surface area contributed by atoms with Gasteiger partial charge in [0, 0.05) is 29.0 Å². The highest BCUT2D eigenvalue weighted by Crippen LogP contribution is 2.52. The summed E-state index contributed by atoms with van der Waals surface area (Å²) in [6.45, 7) is 8.53. The molecule has 2 aliphatic carbocycles. The maximum atomic E-state index is 12.1. The number of nitrogens with two attached hydrogens (primary N) is 1. The quantitative estimate of drug-likeness (QED) is 0.719. The molecule has 0 saturated heterocycles. The fraction of sp³-hybridized carbons (Fsp3) is 0.933. The van der Waals surface area contributed by atoms with Crippen LogP contribution < -0.4 is 16.4 Å². The Morgan fingerprint density at radius 3 is 2.05 bits per heavy atom. The van der Waals surface area contributed by atoms with Crippen molar-refractivity contribution in [3.05, 3.63) is 0 Å². The third-order valence-corrected chi connectivity index (χ3v) is 5.31. The van der Waals surface area contributed by atoms with E-state index in [0.717, 1.165) is 12.8 Å². The van der Waals surface area contributed by atoms with Crippen LogP contribution in [0.25, 0.3) is 0 Å². The van der Waals surface area contributed by atoms with Gasteiger partial charge in [-0.25, -0.2) is 4.79 Å². The van der Waals surface area contributed by atoms with E-state index in [4.69, 9.17) is 5.73 Å². The maximum absolute atomic E-state index is 12.1. The molecule has 0 atom stereocenters. The van der Waals surface area contributed by atoms with E-state index in [2.05, 4.69) is 38.3 Å². The molecule has 4 nitrogen and oxygen atoms in total. The zero-order chi connectivity index (χ0) is 14.3. The van der Waals surface area contributed by atoms with Crippen molar-refractivity contribution in [2.75, 3.05) is 0 Å². The molecule has 2 aliphatic rings. The molecule has 0 spiro atoms. The molecule has 0 unspecified atom stereocenters. The molecule has 0 bridgehead atoms. The van der Waals surface area contributed by atoms with Crippen LogP contribution in [0.5, 0.6) is 0 Å². The second-order valence-electron chi connectivity index (χ2n) is 7.51. The minimum atomic E-state index is -0.0343. The average Bonchev–Trinajstić information content (AvgIpc) is 2.36. The molecule has 0 aromatic heterocycles. The van der Waals surface area contributed by atoms with E-state index < -0.39 is 0 Å². The van der Waals surface area contributed by atoms with E-state index in [1.807, 2.05) is 0 Å². The topological polar surface area (TPSA) is 67.1 Å². The largest absolute Gasteiger partial charge is 0.335 e. The summed E-state index contributed by atoms with van der Waals surface area (Å²) in [5.74, 6) is 0. The van der Waals surface area contributed by atoms with Gasteiger partial charge in [-0.2, -0.15) is 0 Å². The first-order valence-corrected chi connectivity index (χ1v) is 7.59. The summed E-state index contributed by atoms with van der Waals surface area (Å²) in [5.41, 5.74) is 6.14. The molecule has 0 aromatic carbocycles. The second-order valence-corrected chi connectivity index (χ2v) is 7.51. The molecule has 2 fully saturated rings. The van der Waals surface area contributed by atoms with Crippen molar-refractivity contribution in [1.82, 2.24) is 10.6 Å². The standard InChI is InChI=1S/C15H29N3O/c1-14(2)11(16)15(3,4)12(14)18-13(19)17-10-8-6-5-7-9-10/h10-12H,5-9,16H2,1-4H3,(H2,17,18,19). The number of carbonyl (C=O) groups is 1. The molecular weight excluding hydrogens is 238 g/mol. The molecular formula is C15H29N3O. The van der Waals surface area contributed by atoms with Gasteiger partial charge in [0.2, 0.25) is 0 Å². The van der Waals surface area contributed by atoms with Gasteiger partial charge >= 0.3 is 6.03 Å². The van der Waals surface area contributed by atoms with Crippen molar-refractivity contribution in [2.24, 2.45) is 16.6 Å². The van der Waals surface area contributed by atoms with Gasteiger partial charge in [0.05, 0.1) is 0 Å². The van der Waals surface area contributed by atoms with Gasteiger partial charge in [-0.3, -0.25) is 0 Å². The first-order chi connectivity index (χ1) is 8.76. The number of amides is 2. The average molecular weight is 267 g/mol. The summed E-state index contributed by atoms with van der Waals surface area (Å²) in [5, 5.41) is 6.26. The van der Waals surface area contributed by atoms with Crippen LogP contribution in [0.2, 0.25) is 0 Å². The van der Waals surface area contributed by atoms with E-state index in [1.165, 1.54) is 19.3 Å². The first-order valence-electron chi connectivity index (χ1n) is 7.59. The fourth-order valence-corrected chi connectivity index (χ4v) is 4.16. The molecule has 110 valence electrons. The molecule has 19 heavy (non-hydrogen) atoms. The Kier molecular flexibility index (Phi) is 3.83. The van der Waals surface area contributed by atoms with Crippen LogP contribution in [0.3, 0.4) is 0 Å². The zero-order valence-electron chi connectivity index (χ0n) is 12.8. The van der Waals surface area contributed by atoms with Gasteiger partial charge in [-0.15, -0.1) is 0 Å². The van der Waals surface area contributed by atoms with Crippen LogP contribution in [0.15, 0.2) is 0 Å². The summed E-state index contributed by atoms with van der Waals surface area (Å²) in [6, 6.07) is 0.595. The van der Waals surface area contributed by atoms with Gasteiger partial charge in [-0.1, -0.05) is 47.0 Å². The molecule has 4 N–H and O–H groups in total. The summed E-state index contributed by atoms with van der Waals surface area (Å²) in [4.78, 5) is 12.1. The zero-order valence-corrected chi connectivity index (χ0v) is 12.8. The highest BCUT2D eigenvalue weighted by atomic mass is 16.2. The van der Waals surface area contributed by atoms with Gasteiger partial charge in [0.1, 0.15) is 0 Å². The number of urea groups is 1. The summed E-state index contributed by atoms with van der Waals surface area (Å²) in [7, 11) is 0. The maximum Gasteiger partial charge on any atom is 0.315 e. The normalized spacial score (nSPS) is 33.3. The Labute approximate surface area is 116 Å². The van der Waals surface area contributed by atoms with Gasteiger partial charge < -0.3 is 16.4 Å². The highest BCUT2D eigenvalue weighted by molar-refractivity contribution is 5.75. The van der Waals surface area contributed by atoms with Gasteiger partial charge in [0.25, 0.3) is 0 Å². The van der Waals surface area contributed by atoms with Crippen molar-refractivity contribution in [3.63, 3.8) is 0 Å². The predicted octanol–water partition coefficient (Wildman–Crippen LogP) is 2.38. The SMILES string of the molecule is CC1(C)C(N)C(C)(C)C1NC(=O)NC1CCCCC1. The monoisotopic (exact) mass is 267 g/mol. The van der Waals surface area contributed by atoms with E-state index in [0.29, 0.717) is 6.04 Å². The lowest BCUT2D eigenvalue weighted by Gasteiger charge is -2.62. The molecule has 2 rings (SSSR count). The lowest BCUT2D eigenvalue weighted by molar-refractivity contribution is -0.0647. The minimum absolute atomic E-state index is 0.0232. The summed E-state index contributed by atoms with van der Waals surface area (Å²) >= 11 is 0. The smallest absolute Gasteiger partial charge is 0.315 e. The van der Waals surface area contributed by atoms with Crippen molar-refractivity contribution in [2.45, 2.75) is 77.9 Å². The predicted molar refractivity (Wildman–Crippen MR) is 77.9 cm³/mol. The van der Waals surface area contributed by atoms with Crippen molar-refractivity contribution in [1.29, 1.82) is 0 Å². The molecule has 2 amide bonds. The van der Waals surface area contributed by atoms with Crippen molar-refractivity contribution < 1.29 is 4.79 Å². The van der Waals surface area contributed by atoms with Crippen LogP contribution in [0, 0.1) is 10.8 Å². The first kappa shape index (κ1) is 14.6. The Morgan fingerprint density at radius 2 is 1.53 bits per heavy atom. The Balaban J connectivity index is 1.88. The molecule has 0 radical (unpaired) electrons. The Hall–Kier alpha value is -0.770. The van der Waals surface area contributed by atoms with E-state index in [-0.39, 0.29) is 28.9 Å². The molecule has 4 heteroatoms. The highest BCUT2D eigenvalue weighted by Gasteiger charge is 2.60. The van der Waals surface area contributed by atoms with Crippen LogP contribution >= 0.6 is 0 Å². The van der Waals surface area contributed by atoms with Crippen molar-refractivity contribution in [3.8, 4) is 0 Å². The second kappa shape index (κ2) is 4.97. The van der Waals surface area contributed by atoms with Gasteiger partial charge in [-0.05, 0) is 12.8 Å². The third-order valence-electron chi connectivity index (χ3n) is 5.31. The lowest BCUT2D eigenvalue weighted by Crippen LogP contribution is -2.76. The number of carbonyl (C=O) groups excluding carboxylic acids is 1. The molecule has 2 saturated carbocycles. The number of nitrogens with one attached hydrogen (secondary N) is 2. The number of hydrogen-bond donors (Lipinski definition) is 3. The molecule has 0 aliphatic heterocycles. The number of rotatable bonds is 2. The Bertz CT molecular complexity index is 329. The van der Waals surface area contributed by atoms with Crippen molar-refractivity contribution >= 4 is 6.03 Å². The number of hydrogen-bond acceptors (Lipinski definition) is 2. The fourth-order valence-electron chi connectivity index (χ4n) is 4.16. The Morgan fingerprint density at radius 1 is 1.00 bits per heavy atom. The van der Waals surface area contributed by atoms with Crippen LogP contribution in [0.1, 0.15) is 59.8 Å². The molecule has 0 aromatic rings. The summed E-state index contributed by atoms with van der Waals surface area (Å²) in [6.07, 6.45) is 6.00. The lowest BCUT2D eigenvalue weighted by atomic mass is 9.48. The molecule has 0 heterocycles. The van der Waals surface area contributed by atoms with E-state index in [1.54, 1.807) is 0 Å². The van der Waals surface area contributed by atoms with E-state index >= 15 is 0 Å². The van der Waals surface area contributed by atoms with E-state index in [9.17, 15) is 4.79 Å². The van der Waals surface area contributed by atoms with Crippen LogP contribution in [-0.4, -0.2) is 24.2 Å². The summed E-state index contributed by atoms with van der Waals surface area (Å²) < 4.78 is 0. The van der Waals surface area contributed by atoms with Crippen LogP contribution in [0.4, 0.5) is 4.79 Å². The van der Waals surface area contributed by atoms with Crippen LogP contribution in [-0.2, 0) is 0 Å². The van der Waals surface area contributed by atoms with Gasteiger partial charge in [0.15, 0.2) is 0 Å². The third kappa shape index (κ3) is 2.60.